The summed E-state index contributed by atoms with van der Waals surface area (Å²) in [6, 6.07) is 0. The van der Waals surface area contributed by atoms with Crippen LogP contribution in [0.15, 0.2) is 0 Å². The summed E-state index contributed by atoms with van der Waals surface area (Å²) in [5.74, 6) is 0.586. The number of carbonyl (C=O) groups excluding carboxylic acids is 1. The lowest BCUT2D eigenvalue weighted by molar-refractivity contribution is -0.137. The van der Waals surface area contributed by atoms with Crippen molar-refractivity contribution in [2.75, 3.05) is 32.8 Å². The molecule has 1 N–H and O–H groups in total. The van der Waals surface area contributed by atoms with Gasteiger partial charge in [0.25, 0.3) is 0 Å². The average molecular weight is 277 g/mol. The van der Waals surface area contributed by atoms with E-state index < -0.39 is 0 Å². The quantitative estimate of drug-likeness (QED) is 0.845. The van der Waals surface area contributed by atoms with Crippen LogP contribution in [0.2, 0.25) is 0 Å². The van der Waals surface area contributed by atoms with Crippen molar-refractivity contribution in [1.29, 1.82) is 0 Å². The first-order valence-corrected chi connectivity index (χ1v) is 6.92. The van der Waals surface area contributed by atoms with Crippen LogP contribution in [0.1, 0.15) is 32.6 Å². The Morgan fingerprint density at radius 3 is 2.72 bits per heavy atom. The standard InChI is InChI=1S/C13H24N2O2.ClH/c1-2-8-17-12-4-3-6-15(7-5-12)13(16)11-9-14-10-11;/h11-12,14H,2-10H2,1H3;1H. The molecule has 106 valence electrons. The second kappa shape index (κ2) is 7.97. The third-order valence-electron chi connectivity index (χ3n) is 3.68. The van der Waals surface area contributed by atoms with E-state index in [9.17, 15) is 4.79 Å². The van der Waals surface area contributed by atoms with Crippen molar-refractivity contribution in [3.63, 3.8) is 0 Å². The van der Waals surface area contributed by atoms with Gasteiger partial charge in [-0.3, -0.25) is 4.79 Å². The molecule has 2 saturated heterocycles. The first-order chi connectivity index (χ1) is 8.31. The minimum Gasteiger partial charge on any atom is -0.378 e. The minimum atomic E-state index is 0. The van der Waals surface area contributed by atoms with Gasteiger partial charge < -0.3 is 15.0 Å². The Bertz CT molecular complexity index is 259. The zero-order valence-corrected chi connectivity index (χ0v) is 12.0. The Morgan fingerprint density at radius 1 is 1.33 bits per heavy atom. The van der Waals surface area contributed by atoms with Gasteiger partial charge in [0.05, 0.1) is 12.0 Å². The maximum atomic E-state index is 12.1. The third kappa shape index (κ3) is 4.11. The van der Waals surface area contributed by atoms with Crippen molar-refractivity contribution >= 4 is 18.3 Å². The van der Waals surface area contributed by atoms with E-state index in [-0.39, 0.29) is 18.3 Å². The largest absolute Gasteiger partial charge is 0.378 e. The zero-order valence-electron chi connectivity index (χ0n) is 11.2. The number of ether oxygens (including phenoxy) is 1. The summed E-state index contributed by atoms with van der Waals surface area (Å²) in [5.41, 5.74) is 0. The Hall–Kier alpha value is -0.320. The number of halogens is 1. The van der Waals surface area contributed by atoms with Crippen LogP contribution in [0.5, 0.6) is 0 Å². The molecule has 4 nitrogen and oxygen atoms in total. The van der Waals surface area contributed by atoms with E-state index in [0.717, 1.165) is 58.5 Å². The molecule has 0 aromatic carbocycles. The molecule has 0 aliphatic carbocycles. The number of amides is 1. The van der Waals surface area contributed by atoms with Crippen LogP contribution >= 0.6 is 12.4 Å². The lowest BCUT2D eigenvalue weighted by Crippen LogP contribution is -2.52. The van der Waals surface area contributed by atoms with E-state index >= 15 is 0 Å². The zero-order chi connectivity index (χ0) is 12.1. The van der Waals surface area contributed by atoms with Crippen LogP contribution in [0.25, 0.3) is 0 Å². The first-order valence-electron chi connectivity index (χ1n) is 6.92. The van der Waals surface area contributed by atoms with Crippen LogP contribution in [0, 0.1) is 5.92 Å². The molecule has 18 heavy (non-hydrogen) atoms. The maximum Gasteiger partial charge on any atom is 0.228 e. The highest BCUT2D eigenvalue weighted by molar-refractivity contribution is 5.85. The van der Waals surface area contributed by atoms with Gasteiger partial charge >= 0.3 is 0 Å². The Labute approximate surface area is 116 Å². The normalized spacial score (nSPS) is 24.9. The van der Waals surface area contributed by atoms with Crippen molar-refractivity contribution in [2.24, 2.45) is 5.92 Å². The topological polar surface area (TPSA) is 41.6 Å². The second-order valence-electron chi connectivity index (χ2n) is 5.10. The fourth-order valence-electron chi connectivity index (χ4n) is 2.46. The molecule has 2 aliphatic rings. The molecule has 5 heteroatoms. The van der Waals surface area contributed by atoms with Crippen molar-refractivity contribution in [2.45, 2.75) is 38.7 Å². The summed E-state index contributed by atoms with van der Waals surface area (Å²) in [6.45, 7) is 6.52. The van der Waals surface area contributed by atoms with Gasteiger partial charge in [0, 0.05) is 32.8 Å². The van der Waals surface area contributed by atoms with E-state index in [1.807, 2.05) is 4.90 Å². The summed E-state index contributed by atoms with van der Waals surface area (Å²) >= 11 is 0. The van der Waals surface area contributed by atoms with Crippen LogP contribution < -0.4 is 5.32 Å². The lowest BCUT2D eigenvalue weighted by atomic mass is 10.0. The molecule has 0 aromatic rings. The SMILES string of the molecule is CCCOC1CCCN(C(=O)C2CNC2)CC1.Cl. The third-order valence-corrected chi connectivity index (χ3v) is 3.68. The molecule has 2 rings (SSSR count). The molecule has 0 radical (unpaired) electrons. The molecule has 1 amide bonds. The van der Waals surface area contributed by atoms with E-state index in [1.165, 1.54) is 0 Å². The fraction of sp³-hybridized carbons (Fsp3) is 0.923. The van der Waals surface area contributed by atoms with Crippen molar-refractivity contribution in [3.8, 4) is 0 Å². The van der Waals surface area contributed by atoms with Gasteiger partial charge in [-0.15, -0.1) is 12.4 Å². The summed E-state index contributed by atoms with van der Waals surface area (Å²) in [7, 11) is 0. The van der Waals surface area contributed by atoms with E-state index in [1.54, 1.807) is 0 Å². The summed E-state index contributed by atoms with van der Waals surface area (Å²) < 4.78 is 5.79. The van der Waals surface area contributed by atoms with Crippen LogP contribution in [0.4, 0.5) is 0 Å². The highest BCUT2D eigenvalue weighted by Crippen LogP contribution is 2.17. The van der Waals surface area contributed by atoms with Gasteiger partial charge in [0.2, 0.25) is 5.91 Å². The Kier molecular flexibility index (Phi) is 6.97. The number of hydrogen-bond acceptors (Lipinski definition) is 3. The number of likely N-dealkylation sites (tertiary alicyclic amines) is 1. The van der Waals surface area contributed by atoms with Crippen LogP contribution in [-0.4, -0.2) is 49.7 Å². The van der Waals surface area contributed by atoms with Crippen molar-refractivity contribution in [1.82, 2.24) is 10.2 Å². The number of hydrogen-bond donors (Lipinski definition) is 1. The molecule has 0 aromatic heterocycles. The number of rotatable bonds is 4. The molecule has 2 fully saturated rings. The van der Waals surface area contributed by atoms with Crippen molar-refractivity contribution < 1.29 is 9.53 Å². The average Bonchev–Trinajstić information content (AvgIpc) is 2.49. The van der Waals surface area contributed by atoms with E-state index in [0.29, 0.717) is 12.0 Å². The Balaban J connectivity index is 0.00000162. The lowest BCUT2D eigenvalue weighted by Gasteiger charge is -2.31. The highest BCUT2D eigenvalue weighted by atomic mass is 35.5. The van der Waals surface area contributed by atoms with Gasteiger partial charge in [-0.05, 0) is 25.7 Å². The van der Waals surface area contributed by atoms with E-state index in [4.69, 9.17) is 4.74 Å². The molecule has 1 atom stereocenters. The number of carbonyl (C=O) groups is 1. The molecule has 2 aliphatic heterocycles. The molecule has 0 bridgehead atoms. The van der Waals surface area contributed by atoms with Crippen molar-refractivity contribution in [3.05, 3.63) is 0 Å². The van der Waals surface area contributed by atoms with E-state index in [2.05, 4.69) is 12.2 Å². The van der Waals surface area contributed by atoms with Gasteiger partial charge in [-0.2, -0.15) is 0 Å². The predicted molar refractivity (Wildman–Crippen MR) is 74.1 cm³/mol. The molecular weight excluding hydrogens is 252 g/mol. The molecule has 1 unspecified atom stereocenters. The molecule has 2 heterocycles. The fourth-order valence-corrected chi connectivity index (χ4v) is 2.46. The smallest absolute Gasteiger partial charge is 0.228 e. The van der Waals surface area contributed by atoms with Crippen LogP contribution in [0.3, 0.4) is 0 Å². The first kappa shape index (κ1) is 15.7. The predicted octanol–water partition coefficient (Wildman–Crippen LogP) is 1.44. The van der Waals surface area contributed by atoms with Gasteiger partial charge in [-0.1, -0.05) is 6.92 Å². The van der Waals surface area contributed by atoms with Gasteiger partial charge in [0.1, 0.15) is 0 Å². The Morgan fingerprint density at radius 2 is 2.11 bits per heavy atom. The second-order valence-corrected chi connectivity index (χ2v) is 5.10. The number of nitrogens with zero attached hydrogens (tertiary/aromatic N) is 1. The van der Waals surface area contributed by atoms with Gasteiger partial charge in [0.15, 0.2) is 0 Å². The monoisotopic (exact) mass is 276 g/mol. The summed E-state index contributed by atoms with van der Waals surface area (Å²) in [6.07, 6.45) is 4.64. The molecule has 0 saturated carbocycles. The molecule has 0 spiro atoms. The van der Waals surface area contributed by atoms with Crippen LogP contribution in [-0.2, 0) is 9.53 Å². The summed E-state index contributed by atoms with van der Waals surface area (Å²) in [5, 5.41) is 3.16. The number of nitrogens with one attached hydrogen (secondary N) is 1. The van der Waals surface area contributed by atoms with Gasteiger partial charge in [-0.25, -0.2) is 0 Å². The molecular formula is C13H25ClN2O2. The highest BCUT2D eigenvalue weighted by Gasteiger charge is 2.30. The maximum absolute atomic E-state index is 12.1. The minimum absolute atomic E-state index is 0. The summed E-state index contributed by atoms with van der Waals surface area (Å²) in [4.78, 5) is 14.1.